The molecular weight excluding hydrogens is 725 g/mol. The number of esters is 4. The summed E-state index contributed by atoms with van der Waals surface area (Å²) in [6, 6.07) is 13.3. The van der Waals surface area contributed by atoms with Gasteiger partial charge in [0.1, 0.15) is 31.4 Å². The number of carbonyl (C=O) groups is 6. The molecule has 2 N–H and O–H groups in total. The first-order valence-electron chi connectivity index (χ1n) is 16.3. The number of alkyl carbamates (subject to hydrolysis) is 1. The Balaban J connectivity index is 2.00. The van der Waals surface area contributed by atoms with Crippen LogP contribution >= 0.6 is 23.2 Å². The topological polar surface area (TPSA) is 185 Å². The van der Waals surface area contributed by atoms with Gasteiger partial charge in [0.05, 0.1) is 0 Å². The van der Waals surface area contributed by atoms with Crippen molar-refractivity contribution in [2.75, 3.05) is 36.4 Å². The van der Waals surface area contributed by atoms with Gasteiger partial charge in [0, 0.05) is 64.7 Å². The number of rotatable bonds is 17. The Morgan fingerprint density at radius 3 is 1.98 bits per heavy atom. The van der Waals surface area contributed by atoms with Crippen LogP contribution < -0.4 is 15.5 Å². The molecule has 1 aliphatic rings. The highest BCUT2D eigenvalue weighted by Gasteiger charge is 2.52. The van der Waals surface area contributed by atoms with Crippen molar-refractivity contribution in [3.8, 4) is 0 Å². The van der Waals surface area contributed by atoms with Crippen molar-refractivity contribution in [1.29, 1.82) is 0 Å². The van der Waals surface area contributed by atoms with Crippen LogP contribution in [0.4, 0.5) is 10.5 Å². The van der Waals surface area contributed by atoms with Crippen molar-refractivity contribution in [3.63, 3.8) is 0 Å². The number of hydrogen-bond donors (Lipinski definition) is 2. The zero-order chi connectivity index (χ0) is 38.2. The minimum atomic E-state index is -1.63. The molecule has 1 heterocycles. The molecule has 3 rings (SSSR count). The standard InChI is InChI=1S/C35H43Cl2N3O12/c1-21(41)47-20-29-31(49-22(2)42)32(50-23(3)43)30(34(52-29)51-24(4)44)39-33(45)28(38-35(46)48-19-25-9-6-5-7-10-25)18-26-11-8-12-27(17-26)40(15-13-36)16-14-37/h5-12,17,28-32,34H,13-16,18-20H2,1-4H3,(H,38,46)(H,39,45)/t28-,29+,30+,31+,32+,34?/m0/s1. The molecule has 2 aromatic carbocycles. The summed E-state index contributed by atoms with van der Waals surface area (Å²) in [5, 5.41) is 5.26. The van der Waals surface area contributed by atoms with Gasteiger partial charge in [-0.3, -0.25) is 24.0 Å². The lowest BCUT2D eigenvalue weighted by molar-refractivity contribution is -0.271. The number of hydrogen-bond acceptors (Lipinski definition) is 13. The largest absolute Gasteiger partial charge is 0.463 e. The lowest BCUT2D eigenvalue weighted by atomic mass is 9.95. The highest BCUT2D eigenvalue weighted by atomic mass is 35.5. The van der Waals surface area contributed by atoms with Gasteiger partial charge in [0.2, 0.25) is 12.2 Å². The van der Waals surface area contributed by atoms with Crippen LogP contribution in [0.2, 0.25) is 0 Å². The minimum absolute atomic E-state index is 0.0673. The molecule has 1 unspecified atom stereocenters. The first-order valence-corrected chi connectivity index (χ1v) is 17.4. The van der Waals surface area contributed by atoms with Crippen molar-refractivity contribution in [3.05, 3.63) is 65.7 Å². The van der Waals surface area contributed by atoms with Crippen molar-refractivity contribution in [2.24, 2.45) is 0 Å². The van der Waals surface area contributed by atoms with E-state index in [1.807, 2.05) is 23.1 Å². The fraction of sp³-hybridized carbons (Fsp3) is 0.486. The first kappa shape index (κ1) is 41.8. The molecule has 1 aliphatic heterocycles. The first-order chi connectivity index (χ1) is 24.8. The number of benzene rings is 2. The minimum Gasteiger partial charge on any atom is -0.463 e. The lowest BCUT2D eigenvalue weighted by Crippen LogP contribution is -2.68. The summed E-state index contributed by atoms with van der Waals surface area (Å²) in [6.07, 6.45) is -6.86. The van der Waals surface area contributed by atoms with Crippen molar-refractivity contribution in [2.45, 2.75) is 77.4 Å². The molecule has 0 radical (unpaired) electrons. The van der Waals surface area contributed by atoms with Gasteiger partial charge in [0.25, 0.3) is 0 Å². The SMILES string of the molecule is CC(=O)OC[C@H]1OC(OC(C)=O)[C@H](NC(=O)[C@H](Cc2cccc(N(CCCl)CCCl)c2)NC(=O)OCc2ccccc2)[C@@H](OC(C)=O)[C@@H]1OC(C)=O. The van der Waals surface area contributed by atoms with Crippen molar-refractivity contribution >= 4 is 64.8 Å². The van der Waals surface area contributed by atoms with Gasteiger partial charge in [-0.2, -0.15) is 0 Å². The van der Waals surface area contributed by atoms with E-state index >= 15 is 0 Å². The van der Waals surface area contributed by atoms with Crippen LogP contribution in [0.5, 0.6) is 0 Å². The molecular formula is C35H43Cl2N3O12. The number of anilines is 1. The van der Waals surface area contributed by atoms with Gasteiger partial charge in [-0.15, -0.1) is 23.2 Å². The maximum atomic E-state index is 14.2. The van der Waals surface area contributed by atoms with E-state index in [0.717, 1.165) is 33.4 Å². The lowest BCUT2D eigenvalue weighted by Gasteiger charge is -2.44. The van der Waals surface area contributed by atoms with E-state index < -0.39 is 79.2 Å². The molecule has 0 spiro atoms. The highest BCUT2D eigenvalue weighted by molar-refractivity contribution is 6.18. The summed E-state index contributed by atoms with van der Waals surface area (Å²) >= 11 is 12.0. The number of nitrogens with zero attached hydrogens (tertiary/aromatic N) is 1. The molecule has 2 aromatic rings. The number of carbonyl (C=O) groups excluding carboxylic acids is 6. The third kappa shape index (κ3) is 13.5. The summed E-state index contributed by atoms with van der Waals surface area (Å²) < 4.78 is 32.7. The number of amides is 2. The molecule has 2 amide bonds. The molecule has 0 aromatic heterocycles. The van der Waals surface area contributed by atoms with Crippen LogP contribution in [0.25, 0.3) is 0 Å². The summed E-state index contributed by atoms with van der Waals surface area (Å²) in [7, 11) is 0. The predicted octanol–water partition coefficient (Wildman–Crippen LogP) is 3.01. The van der Waals surface area contributed by atoms with Crippen LogP contribution in [0.3, 0.4) is 0 Å². The Bertz CT molecular complexity index is 1530. The van der Waals surface area contributed by atoms with Gasteiger partial charge in [-0.25, -0.2) is 4.79 Å². The predicted molar refractivity (Wildman–Crippen MR) is 187 cm³/mol. The van der Waals surface area contributed by atoms with Gasteiger partial charge < -0.3 is 44.0 Å². The van der Waals surface area contributed by atoms with Crippen molar-refractivity contribution in [1.82, 2.24) is 10.6 Å². The Kier molecular flexibility index (Phi) is 16.9. The van der Waals surface area contributed by atoms with E-state index in [9.17, 15) is 28.8 Å². The van der Waals surface area contributed by atoms with E-state index in [1.165, 1.54) is 0 Å². The van der Waals surface area contributed by atoms with Gasteiger partial charge in [0.15, 0.2) is 12.2 Å². The fourth-order valence-corrected chi connectivity index (χ4v) is 5.80. The molecule has 52 heavy (non-hydrogen) atoms. The monoisotopic (exact) mass is 767 g/mol. The molecule has 1 saturated heterocycles. The second kappa shape index (κ2) is 21.1. The smallest absolute Gasteiger partial charge is 0.408 e. The van der Waals surface area contributed by atoms with Gasteiger partial charge >= 0.3 is 30.0 Å². The zero-order valence-electron chi connectivity index (χ0n) is 29.2. The van der Waals surface area contributed by atoms with E-state index in [1.54, 1.807) is 36.4 Å². The number of ether oxygens (including phenoxy) is 6. The Labute approximate surface area is 311 Å². The molecule has 0 saturated carbocycles. The Morgan fingerprint density at radius 1 is 0.769 bits per heavy atom. The third-order valence-corrected chi connectivity index (χ3v) is 7.88. The second-order valence-corrected chi connectivity index (χ2v) is 12.4. The summed E-state index contributed by atoms with van der Waals surface area (Å²) in [6.45, 7) is 4.84. The van der Waals surface area contributed by atoms with Crippen LogP contribution in [0, 0.1) is 0 Å². The average Bonchev–Trinajstić information content (AvgIpc) is 3.08. The van der Waals surface area contributed by atoms with Gasteiger partial charge in [-0.05, 0) is 23.3 Å². The second-order valence-electron chi connectivity index (χ2n) is 11.6. The molecule has 6 atom stereocenters. The quantitative estimate of drug-likeness (QED) is 0.136. The average molecular weight is 769 g/mol. The Hall–Kier alpha value is -4.60. The molecule has 17 heteroatoms. The number of halogens is 2. The van der Waals surface area contributed by atoms with E-state index in [0.29, 0.717) is 36.0 Å². The van der Waals surface area contributed by atoms with E-state index in [-0.39, 0.29) is 13.0 Å². The van der Waals surface area contributed by atoms with Crippen LogP contribution in [0.15, 0.2) is 54.6 Å². The fourth-order valence-electron chi connectivity index (χ4n) is 5.39. The maximum Gasteiger partial charge on any atom is 0.408 e. The third-order valence-electron chi connectivity index (χ3n) is 7.54. The van der Waals surface area contributed by atoms with E-state index in [4.69, 9.17) is 51.6 Å². The van der Waals surface area contributed by atoms with Gasteiger partial charge in [-0.1, -0.05) is 42.5 Å². The van der Waals surface area contributed by atoms with Crippen LogP contribution in [-0.2, 0) is 65.4 Å². The normalized spacial score (nSPS) is 20.0. The molecule has 0 aliphatic carbocycles. The molecule has 1 fully saturated rings. The van der Waals surface area contributed by atoms with Crippen LogP contribution in [-0.4, -0.2) is 104 Å². The van der Waals surface area contributed by atoms with E-state index in [2.05, 4.69) is 10.6 Å². The summed E-state index contributed by atoms with van der Waals surface area (Å²) in [4.78, 5) is 77.7. The maximum absolute atomic E-state index is 14.2. The van der Waals surface area contributed by atoms with Crippen LogP contribution in [0.1, 0.15) is 38.8 Å². The molecule has 0 bridgehead atoms. The number of alkyl halides is 2. The Morgan fingerprint density at radius 2 is 1.38 bits per heavy atom. The summed E-state index contributed by atoms with van der Waals surface area (Å²) in [5.41, 5.74) is 2.11. The molecule has 15 nitrogen and oxygen atoms in total. The molecule has 284 valence electrons. The number of nitrogens with one attached hydrogen (secondary N) is 2. The zero-order valence-corrected chi connectivity index (χ0v) is 30.7. The highest BCUT2D eigenvalue weighted by Crippen LogP contribution is 2.28. The van der Waals surface area contributed by atoms with Crippen molar-refractivity contribution < 1.29 is 57.2 Å². The summed E-state index contributed by atoms with van der Waals surface area (Å²) in [5.74, 6) is -3.33.